The number of nitrogens with zero attached hydrogens (tertiary/aromatic N) is 2. The molecule has 1 saturated heterocycles. The molecule has 0 unspecified atom stereocenters. The highest BCUT2D eigenvalue weighted by Crippen LogP contribution is 2.20. The van der Waals surface area contributed by atoms with Crippen molar-refractivity contribution in [1.82, 2.24) is 15.2 Å². The topological polar surface area (TPSA) is 90.0 Å². The number of unbranched alkanes of at least 4 members (excludes halogenated alkanes) is 1. The number of carbonyl (C=O) groups excluding carboxylic acids is 2. The number of hydrogen-bond acceptors (Lipinski definition) is 7. The molecule has 1 aromatic carbocycles. The summed E-state index contributed by atoms with van der Waals surface area (Å²) in [6, 6.07) is 13.3. The highest BCUT2D eigenvalue weighted by atomic mass is 16.6. The lowest BCUT2D eigenvalue weighted by atomic mass is 10.0. The number of methoxy groups -OCH3 is 1. The molecule has 3 rings (SSSR count). The van der Waals surface area contributed by atoms with Gasteiger partial charge >= 0.3 is 12.1 Å². The van der Waals surface area contributed by atoms with Crippen molar-refractivity contribution in [3.8, 4) is 17.6 Å². The van der Waals surface area contributed by atoms with Gasteiger partial charge < -0.3 is 24.4 Å². The maximum Gasteiger partial charge on any atom is 0.407 e. The van der Waals surface area contributed by atoms with Crippen molar-refractivity contribution in [2.75, 3.05) is 26.7 Å². The third kappa shape index (κ3) is 9.77. The van der Waals surface area contributed by atoms with Crippen LogP contribution in [0.4, 0.5) is 4.79 Å². The van der Waals surface area contributed by atoms with Crippen molar-refractivity contribution < 1.29 is 23.8 Å². The van der Waals surface area contributed by atoms with Crippen LogP contribution in [0, 0.1) is 11.8 Å². The van der Waals surface area contributed by atoms with Crippen molar-refractivity contribution in [3.63, 3.8) is 0 Å². The number of likely N-dealkylation sites (tertiary alicyclic amines) is 1. The number of ether oxygens (including phenoxy) is 3. The molecule has 1 aliphatic rings. The largest absolute Gasteiger partial charge is 0.486 e. The third-order valence-corrected chi connectivity index (χ3v) is 5.78. The summed E-state index contributed by atoms with van der Waals surface area (Å²) >= 11 is 0. The maximum atomic E-state index is 12.2. The quantitative estimate of drug-likeness (QED) is 0.318. The monoisotopic (exact) mass is 507 g/mol. The van der Waals surface area contributed by atoms with E-state index in [4.69, 9.17) is 14.2 Å². The van der Waals surface area contributed by atoms with Crippen molar-refractivity contribution in [2.24, 2.45) is 0 Å². The Hall–Kier alpha value is -3.57. The fourth-order valence-corrected chi connectivity index (χ4v) is 3.93. The number of nitrogens with one attached hydrogen (secondary N) is 1. The summed E-state index contributed by atoms with van der Waals surface area (Å²) in [4.78, 5) is 31.0. The zero-order valence-corrected chi connectivity index (χ0v) is 22.2. The molecule has 2 aromatic rings. The van der Waals surface area contributed by atoms with Gasteiger partial charge in [-0.05, 0) is 70.2 Å². The summed E-state index contributed by atoms with van der Waals surface area (Å²) in [7, 11) is 1.32. The van der Waals surface area contributed by atoms with Crippen LogP contribution in [0.2, 0.25) is 0 Å². The predicted molar refractivity (Wildman–Crippen MR) is 141 cm³/mol. The SMILES string of the molecule is COC(=O)c1nc(C#CCCCN2CCC(NC(=O)OC(C)(C)C)CC2)ccc1OCc1ccccc1. The molecule has 0 radical (unpaired) electrons. The Bertz CT molecular complexity index is 1090. The minimum atomic E-state index is -0.559. The number of hydrogen-bond donors (Lipinski definition) is 1. The molecule has 1 aromatic heterocycles. The Morgan fingerprint density at radius 3 is 2.51 bits per heavy atom. The van der Waals surface area contributed by atoms with E-state index in [0.717, 1.165) is 50.9 Å². The maximum absolute atomic E-state index is 12.2. The molecule has 0 saturated carbocycles. The van der Waals surface area contributed by atoms with Crippen LogP contribution in [0.3, 0.4) is 0 Å². The minimum Gasteiger partial charge on any atom is -0.486 e. The second-order valence-corrected chi connectivity index (χ2v) is 9.98. The van der Waals surface area contributed by atoms with E-state index in [1.807, 2.05) is 51.1 Å². The minimum absolute atomic E-state index is 0.119. The number of benzene rings is 1. The van der Waals surface area contributed by atoms with E-state index >= 15 is 0 Å². The molecule has 8 heteroatoms. The zero-order chi connectivity index (χ0) is 26.7. The van der Waals surface area contributed by atoms with E-state index in [0.29, 0.717) is 18.1 Å². The van der Waals surface area contributed by atoms with E-state index in [1.165, 1.54) is 7.11 Å². The lowest BCUT2D eigenvalue weighted by Gasteiger charge is -2.32. The number of esters is 1. The normalized spacial score (nSPS) is 14.3. The summed E-state index contributed by atoms with van der Waals surface area (Å²) in [5.41, 5.74) is 1.13. The summed E-state index contributed by atoms with van der Waals surface area (Å²) in [5, 5.41) is 2.97. The van der Waals surface area contributed by atoms with Gasteiger partial charge in [0, 0.05) is 25.6 Å². The molecule has 37 heavy (non-hydrogen) atoms. The first-order valence-corrected chi connectivity index (χ1v) is 12.7. The lowest BCUT2D eigenvalue weighted by Crippen LogP contribution is -2.46. The van der Waals surface area contributed by atoms with Crippen LogP contribution in [-0.2, 0) is 16.1 Å². The van der Waals surface area contributed by atoms with Crippen LogP contribution in [0.15, 0.2) is 42.5 Å². The van der Waals surface area contributed by atoms with E-state index in [1.54, 1.807) is 12.1 Å². The highest BCUT2D eigenvalue weighted by Gasteiger charge is 2.23. The van der Waals surface area contributed by atoms with Crippen LogP contribution in [-0.4, -0.2) is 60.3 Å². The number of aromatic nitrogens is 1. The molecule has 1 amide bonds. The van der Waals surface area contributed by atoms with Crippen LogP contribution in [0.1, 0.15) is 68.2 Å². The Kier molecular flexibility index (Phi) is 10.3. The van der Waals surface area contributed by atoms with E-state index < -0.39 is 11.6 Å². The van der Waals surface area contributed by atoms with Gasteiger partial charge in [-0.15, -0.1) is 0 Å². The molecule has 0 aliphatic carbocycles. The average molecular weight is 508 g/mol. The van der Waals surface area contributed by atoms with Crippen molar-refractivity contribution in [3.05, 3.63) is 59.4 Å². The van der Waals surface area contributed by atoms with Gasteiger partial charge in [-0.2, -0.15) is 0 Å². The molecule has 8 nitrogen and oxygen atoms in total. The van der Waals surface area contributed by atoms with Gasteiger partial charge in [-0.1, -0.05) is 36.3 Å². The number of pyridine rings is 1. The fourth-order valence-electron chi connectivity index (χ4n) is 3.93. The first-order chi connectivity index (χ1) is 17.7. The van der Waals surface area contributed by atoms with Gasteiger partial charge in [0.05, 0.1) is 7.11 Å². The molecule has 0 atom stereocenters. The Labute approximate surface area is 219 Å². The highest BCUT2D eigenvalue weighted by molar-refractivity contribution is 5.90. The molecule has 198 valence electrons. The molecular formula is C29H37N3O5. The second-order valence-electron chi connectivity index (χ2n) is 9.98. The smallest absolute Gasteiger partial charge is 0.407 e. The van der Waals surface area contributed by atoms with E-state index in [9.17, 15) is 9.59 Å². The molecule has 1 fully saturated rings. The summed E-state index contributed by atoms with van der Waals surface area (Å²) in [5.74, 6) is 6.01. The number of amides is 1. The molecule has 1 N–H and O–H groups in total. The summed E-state index contributed by atoms with van der Waals surface area (Å²) in [6.45, 7) is 8.73. The lowest BCUT2D eigenvalue weighted by molar-refractivity contribution is 0.0478. The predicted octanol–water partition coefficient (Wildman–Crippen LogP) is 4.57. The molecule has 2 heterocycles. The van der Waals surface area contributed by atoms with Gasteiger partial charge in [-0.25, -0.2) is 14.6 Å². The zero-order valence-electron chi connectivity index (χ0n) is 22.2. The van der Waals surface area contributed by atoms with Gasteiger partial charge in [0.1, 0.15) is 17.9 Å². The Morgan fingerprint density at radius 1 is 1.11 bits per heavy atom. The third-order valence-electron chi connectivity index (χ3n) is 5.78. The summed E-state index contributed by atoms with van der Waals surface area (Å²) in [6.07, 6.45) is 3.12. The van der Waals surface area contributed by atoms with E-state index in [2.05, 4.69) is 27.0 Å². The van der Waals surface area contributed by atoms with Crippen molar-refractivity contribution in [1.29, 1.82) is 0 Å². The number of piperidine rings is 1. The first-order valence-electron chi connectivity index (χ1n) is 12.7. The van der Waals surface area contributed by atoms with Crippen LogP contribution < -0.4 is 10.1 Å². The molecule has 0 bridgehead atoms. The van der Waals surface area contributed by atoms with Gasteiger partial charge in [-0.3, -0.25) is 0 Å². The van der Waals surface area contributed by atoms with Crippen LogP contribution >= 0.6 is 0 Å². The number of carbonyl (C=O) groups is 2. The standard InChI is InChI=1S/C29H37N3O5/c1-29(2,3)37-28(34)31-24-16-19-32(20-17-24)18-10-6-9-13-23-14-15-25(26(30-23)27(33)35-4)36-21-22-11-7-5-8-12-22/h5,7-8,11-12,14-15,24H,6,10,16-21H2,1-4H3,(H,31,34). The molecular weight excluding hydrogens is 470 g/mol. The van der Waals surface area contributed by atoms with E-state index in [-0.39, 0.29) is 17.8 Å². The van der Waals surface area contributed by atoms with Crippen LogP contribution in [0.5, 0.6) is 5.75 Å². The van der Waals surface area contributed by atoms with Gasteiger partial charge in [0.15, 0.2) is 11.4 Å². The molecule has 0 spiro atoms. The van der Waals surface area contributed by atoms with Crippen LogP contribution in [0.25, 0.3) is 0 Å². The number of alkyl carbamates (subject to hydrolysis) is 1. The molecule has 1 aliphatic heterocycles. The first kappa shape index (κ1) is 28.0. The van der Waals surface area contributed by atoms with Gasteiger partial charge in [0.2, 0.25) is 0 Å². The van der Waals surface area contributed by atoms with Crippen molar-refractivity contribution >= 4 is 12.1 Å². The second kappa shape index (κ2) is 13.7. The van der Waals surface area contributed by atoms with Crippen molar-refractivity contribution in [2.45, 2.75) is 64.7 Å². The van der Waals surface area contributed by atoms with Gasteiger partial charge in [0.25, 0.3) is 0 Å². The average Bonchev–Trinajstić information content (AvgIpc) is 2.87. The fraction of sp³-hybridized carbons (Fsp3) is 0.483. The summed E-state index contributed by atoms with van der Waals surface area (Å²) < 4.78 is 16.0. The Balaban J connectivity index is 1.44. The number of rotatable bonds is 8. The Morgan fingerprint density at radius 2 is 1.84 bits per heavy atom.